The van der Waals surface area contributed by atoms with E-state index in [0.717, 1.165) is 11.1 Å². The van der Waals surface area contributed by atoms with E-state index in [9.17, 15) is 9.59 Å². The first-order chi connectivity index (χ1) is 11.5. The summed E-state index contributed by atoms with van der Waals surface area (Å²) in [5.41, 5.74) is 2.82. The zero-order chi connectivity index (χ0) is 17.3. The highest BCUT2D eigenvalue weighted by molar-refractivity contribution is 6.13. The minimum atomic E-state index is -0.415. The number of hydrogen-bond acceptors (Lipinski definition) is 3. The third-order valence-corrected chi connectivity index (χ3v) is 3.89. The number of amides is 1. The third-order valence-electron chi connectivity index (χ3n) is 3.89. The summed E-state index contributed by atoms with van der Waals surface area (Å²) in [4.78, 5) is 26.2. The molecule has 4 nitrogen and oxygen atoms in total. The maximum Gasteiger partial charge on any atom is 0.308 e. The van der Waals surface area contributed by atoms with E-state index in [1.807, 2.05) is 62.4 Å². The lowest BCUT2D eigenvalue weighted by molar-refractivity contribution is -0.134. The molecule has 1 aliphatic rings. The minimum Gasteiger partial charge on any atom is -0.424 e. The fourth-order valence-electron chi connectivity index (χ4n) is 2.94. The number of hydrogen-bond donors (Lipinski definition) is 0. The van der Waals surface area contributed by atoms with Crippen LogP contribution in [0.1, 0.15) is 42.3 Å². The molecule has 0 radical (unpaired) electrons. The van der Waals surface area contributed by atoms with E-state index < -0.39 is 5.97 Å². The summed E-state index contributed by atoms with van der Waals surface area (Å²) in [5, 5.41) is 0. The lowest BCUT2D eigenvalue weighted by Gasteiger charge is -2.25. The van der Waals surface area contributed by atoms with Gasteiger partial charge in [0, 0.05) is 29.7 Å². The molecule has 2 aromatic carbocycles. The minimum absolute atomic E-state index is 0.0610. The zero-order valence-electron chi connectivity index (χ0n) is 13.9. The van der Waals surface area contributed by atoms with Crippen LogP contribution in [-0.4, -0.2) is 22.8 Å². The van der Waals surface area contributed by atoms with Crippen LogP contribution in [0.15, 0.2) is 54.6 Å². The lowest BCUT2D eigenvalue weighted by Crippen LogP contribution is -2.31. The van der Waals surface area contributed by atoms with Gasteiger partial charge >= 0.3 is 5.97 Å². The van der Waals surface area contributed by atoms with Crippen LogP contribution in [0.25, 0.3) is 11.5 Å². The quantitative estimate of drug-likeness (QED) is 0.635. The molecule has 1 aliphatic heterocycles. The summed E-state index contributed by atoms with van der Waals surface area (Å²) in [7, 11) is 0. The van der Waals surface area contributed by atoms with Crippen LogP contribution >= 0.6 is 0 Å². The van der Waals surface area contributed by atoms with Gasteiger partial charge in [0.2, 0.25) is 0 Å². The highest BCUT2D eigenvalue weighted by Crippen LogP contribution is 2.39. The van der Waals surface area contributed by atoms with Gasteiger partial charge in [-0.15, -0.1) is 0 Å². The van der Waals surface area contributed by atoms with Gasteiger partial charge in [-0.05, 0) is 19.9 Å². The van der Waals surface area contributed by atoms with E-state index in [1.165, 1.54) is 6.92 Å². The Labute approximate surface area is 141 Å². The van der Waals surface area contributed by atoms with Gasteiger partial charge in [0.15, 0.2) is 5.76 Å². The lowest BCUT2D eigenvalue weighted by atomic mass is 10.0. The Morgan fingerprint density at radius 3 is 2.12 bits per heavy atom. The molecule has 0 aliphatic carbocycles. The van der Waals surface area contributed by atoms with Crippen LogP contribution in [0.2, 0.25) is 0 Å². The van der Waals surface area contributed by atoms with Crippen molar-refractivity contribution in [2.45, 2.75) is 26.8 Å². The molecule has 3 rings (SSSR count). The molecule has 0 bridgehead atoms. The van der Waals surface area contributed by atoms with Crippen molar-refractivity contribution >= 4 is 23.3 Å². The summed E-state index contributed by atoms with van der Waals surface area (Å²) >= 11 is 0. The van der Waals surface area contributed by atoms with E-state index in [0.29, 0.717) is 17.0 Å². The van der Waals surface area contributed by atoms with Gasteiger partial charge in [0.05, 0.1) is 5.70 Å². The Morgan fingerprint density at radius 1 is 0.958 bits per heavy atom. The summed E-state index contributed by atoms with van der Waals surface area (Å²) in [6.45, 7) is 5.26. The fraction of sp³-hybridized carbons (Fsp3) is 0.200. The average Bonchev–Trinajstić information content (AvgIpc) is 2.87. The van der Waals surface area contributed by atoms with Crippen LogP contribution in [-0.2, 0) is 9.53 Å². The van der Waals surface area contributed by atoms with Gasteiger partial charge in [-0.1, -0.05) is 48.5 Å². The second-order valence-electron chi connectivity index (χ2n) is 5.95. The molecule has 2 aromatic rings. The van der Waals surface area contributed by atoms with Gasteiger partial charge in [0.25, 0.3) is 5.91 Å². The number of ether oxygens (including phenoxy) is 1. The van der Waals surface area contributed by atoms with E-state index in [4.69, 9.17) is 4.74 Å². The molecule has 0 N–H and O–H groups in total. The summed E-state index contributed by atoms with van der Waals surface area (Å²) in [6.07, 6.45) is 0. The number of rotatable bonds is 3. The van der Waals surface area contributed by atoms with Crippen molar-refractivity contribution in [2.24, 2.45) is 0 Å². The Kier molecular flexibility index (Phi) is 4.21. The van der Waals surface area contributed by atoms with Crippen molar-refractivity contribution in [3.63, 3.8) is 0 Å². The average molecular weight is 321 g/mol. The van der Waals surface area contributed by atoms with E-state index in [-0.39, 0.29) is 11.9 Å². The van der Waals surface area contributed by atoms with Crippen molar-refractivity contribution in [3.8, 4) is 0 Å². The van der Waals surface area contributed by atoms with Crippen molar-refractivity contribution in [3.05, 3.63) is 71.3 Å². The molecular weight excluding hydrogens is 302 g/mol. The molecule has 4 heteroatoms. The number of esters is 1. The second-order valence-corrected chi connectivity index (χ2v) is 5.95. The maximum atomic E-state index is 12.8. The molecule has 0 spiro atoms. The van der Waals surface area contributed by atoms with Gasteiger partial charge in [0.1, 0.15) is 0 Å². The summed E-state index contributed by atoms with van der Waals surface area (Å²) < 4.78 is 5.55. The Balaban J connectivity index is 2.31. The molecule has 1 heterocycles. The Morgan fingerprint density at radius 2 is 1.54 bits per heavy atom. The van der Waals surface area contributed by atoms with Crippen LogP contribution in [0, 0.1) is 0 Å². The van der Waals surface area contributed by atoms with E-state index in [2.05, 4.69) is 0 Å². The first-order valence-electron chi connectivity index (χ1n) is 7.91. The maximum absolute atomic E-state index is 12.8. The predicted molar refractivity (Wildman–Crippen MR) is 92.8 cm³/mol. The zero-order valence-corrected chi connectivity index (χ0v) is 13.9. The Bertz CT molecular complexity index is 822. The molecule has 0 saturated carbocycles. The molecule has 0 saturated heterocycles. The Hall–Kier alpha value is -2.88. The van der Waals surface area contributed by atoms with Crippen LogP contribution in [0.4, 0.5) is 0 Å². The number of nitrogens with zero attached hydrogens (tertiary/aromatic N) is 1. The molecule has 122 valence electrons. The SMILES string of the molecule is CC(=O)O/C(=C1/c2ccccc2C(=O)N1C(C)C)c1ccccc1. The topological polar surface area (TPSA) is 46.6 Å². The smallest absolute Gasteiger partial charge is 0.308 e. The van der Waals surface area contributed by atoms with Gasteiger partial charge < -0.3 is 9.64 Å². The van der Waals surface area contributed by atoms with Crippen molar-refractivity contribution < 1.29 is 14.3 Å². The molecular formula is C20H19NO3. The van der Waals surface area contributed by atoms with E-state index >= 15 is 0 Å². The van der Waals surface area contributed by atoms with Crippen LogP contribution in [0.5, 0.6) is 0 Å². The molecule has 0 aromatic heterocycles. The monoisotopic (exact) mass is 321 g/mol. The standard InChI is InChI=1S/C20H19NO3/c1-13(2)21-18(16-11-7-8-12-17(16)20(21)23)19(24-14(3)22)15-9-5-4-6-10-15/h4-13H,1-3H3/b19-18-. The van der Waals surface area contributed by atoms with Crippen LogP contribution < -0.4 is 0 Å². The largest absolute Gasteiger partial charge is 0.424 e. The fourth-order valence-corrected chi connectivity index (χ4v) is 2.94. The van der Waals surface area contributed by atoms with Crippen LogP contribution in [0.3, 0.4) is 0 Å². The highest BCUT2D eigenvalue weighted by atomic mass is 16.5. The van der Waals surface area contributed by atoms with E-state index in [1.54, 1.807) is 11.0 Å². The van der Waals surface area contributed by atoms with Crippen molar-refractivity contribution in [2.75, 3.05) is 0 Å². The first kappa shape index (κ1) is 16.0. The molecule has 0 unspecified atom stereocenters. The molecule has 1 amide bonds. The molecule has 0 atom stereocenters. The molecule has 0 fully saturated rings. The number of carbonyl (C=O) groups is 2. The predicted octanol–water partition coefficient (Wildman–Crippen LogP) is 3.94. The van der Waals surface area contributed by atoms with Gasteiger partial charge in [-0.3, -0.25) is 9.59 Å². The normalized spacial score (nSPS) is 15.5. The second kappa shape index (κ2) is 6.32. The molecule has 24 heavy (non-hydrogen) atoms. The third kappa shape index (κ3) is 2.71. The number of fused-ring (bicyclic) bond motifs is 1. The van der Waals surface area contributed by atoms with Crippen molar-refractivity contribution in [1.29, 1.82) is 0 Å². The highest BCUT2D eigenvalue weighted by Gasteiger charge is 2.37. The van der Waals surface area contributed by atoms with Crippen molar-refractivity contribution in [1.82, 2.24) is 4.90 Å². The summed E-state index contributed by atoms with van der Waals surface area (Å²) in [5.74, 6) is -0.0758. The summed E-state index contributed by atoms with van der Waals surface area (Å²) in [6, 6.07) is 16.7. The number of carbonyl (C=O) groups excluding carboxylic acids is 2. The van der Waals surface area contributed by atoms with Gasteiger partial charge in [-0.25, -0.2) is 0 Å². The van der Waals surface area contributed by atoms with Gasteiger partial charge in [-0.2, -0.15) is 0 Å². The first-order valence-corrected chi connectivity index (χ1v) is 7.91. The number of benzene rings is 2.